The van der Waals surface area contributed by atoms with Crippen LogP contribution in [-0.4, -0.2) is 11.1 Å². The summed E-state index contributed by atoms with van der Waals surface area (Å²) >= 11 is 0. The molecular formula is C24H18O3. The highest BCUT2D eigenvalue weighted by molar-refractivity contribution is 6.06. The Labute approximate surface area is 157 Å². The van der Waals surface area contributed by atoms with Crippen LogP contribution < -0.4 is 4.74 Å². The molecule has 0 aliphatic heterocycles. The van der Waals surface area contributed by atoms with Crippen LogP contribution >= 0.6 is 0 Å². The summed E-state index contributed by atoms with van der Waals surface area (Å²) in [6, 6.07) is 29.2. The lowest BCUT2D eigenvalue weighted by Crippen LogP contribution is -2.01. The Morgan fingerprint density at radius 1 is 0.741 bits per heavy atom. The van der Waals surface area contributed by atoms with Gasteiger partial charge in [-0.05, 0) is 34.2 Å². The minimum Gasteiger partial charge on any atom is -0.488 e. The van der Waals surface area contributed by atoms with E-state index in [1.165, 1.54) is 5.56 Å². The Kier molecular flexibility index (Phi) is 4.58. The Bertz CT molecular complexity index is 1080. The van der Waals surface area contributed by atoms with Gasteiger partial charge in [0, 0.05) is 5.39 Å². The summed E-state index contributed by atoms with van der Waals surface area (Å²) in [5, 5.41) is 11.0. The molecule has 0 saturated carbocycles. The fraction of sp³-hybridized carbons (Fsp3) is 0.0417. The fourth-order valence-electron chi connectivity index (χ4n) is 3.19. The number of hydrogen-bond acceptors (Lipinski definition) is 2. The highest BCUT2D eigenvalue weighted by atomic mass is 16.5. The van der Waals surface area contributed by atoms with Crippen molar-refractivity contribution in [1.29, 1.82) is 0 Å². The first-order chi connectivity index (χ1) is 13.2. The number of carboxylic acids is 1. The molecule has 3 heteroatoms. The molecule has 0 radical (unpaired) electrons. The summed E-state index contributed by atoms with van der Waals surface area (Å²) in [5.74, 6) is -0.374. The third-order valence-corrected chi connectivity index (χ3v) is 4.55. The van der Waals surface area contributed by atoms with Crippen LogP contribution in [0, 0.1) is 0 Å². The summed E-state index contributed by atoms with van der Waals surface area (Å²) in [4.78, 5) is 11.6. The minimum atomic E-state index is -0.955. The summed E-state index contributed by atoms with van der Waals surface area (Å²) < 4.78 is 5.98. The van der Waals surface area contributed by atoms with Crippen molar-refractivity contribution in [3.63, 3.8) is 0 Å². The molecular weight excluding hydrogens is 336 g/mol. The van der Waals surface area contributed by atoms with Gasteiger partial charge in [-0.15, -0.1) is 0 Å². The van der Waals surface area contributed by atoms with Gasteiger partial charge < -0.3 is 9.84 Å². The largest absolute Gasteiger partial charge is 0.488 e. The van der Waals surface area contributed by atoms with Gasteiger partial charge in [-0.25, -0.2) is 4.79 Å². The molecule has 4 aromatic rings. The third-order valence-electron chi connectivity index (χ3n) is 4.55. The second kappa shape index (κ2) is 7.34. The monoisotopic (exact) mass is 354 g/mol. The van der Waals surface area contributed by atoms with E-state index in [-0.39, 0.29) is 5.56 Å². The summed E-state index contributed by atoms with van der Waals surface area (Å²) in [6.45, 7) is 0.377. The molecule has 0 fully saturated rings. The van der Waals surface area contributed by atoms with Gasteiger partial charge in [-0.3, -0.25) is 0 Å². The highest BCUT2D eigenvalue weighted by Gasteiger charge is 2.12. The predicted molar refractivity (Wildman–Crippen MR) is 107 cm³/mol. The summed E-state index contributed by atoms with van der Waals surface area (Å²) in [5.41, 5.74) is 3.60. The first-order valence-corrected chi connectivity index (χ1v) is 8.74. The summed E-state index contributed by atoms with van der Waals surface area (Å²) in [6.07, 6.45) is 0. The minimum absolute atomic E-state index is 0.252. The first kappa shape index (κ1) is 16.9. The van der Waals surface area contributed by atoms with Gasteiger partial charge in [0.05, 0.1) is 5.56 Å². The molecule has 0 unspecified atom stereocenters. The fourth-order valence-corrected chi connectivity index (χ4v) is 3.19. The number of aromatic carboxylic acids is 1. The second-order valence-corrected chi connectivity index (χ2v) is 6.32. The standard InChI is InChI=1S/C24H18O3/c25-24(26)21-10-4-8-20-9-5-11-22(23(20)21)27-16-17-12-14-19(15-13-17)18-6-2-1-3-7-18/h1-15H,16H2,(H,25,26). The lowest BCUT2D eigenvalue weighted by molar-refractivity contribution is 0.0698. The molecule has 0 amide bonds. The quantitative estimate of drug-likeness (QED) is 0.494. The number of fused-ring (bicyclic) bond motifs is 1. The third kappa shape index (κ3) is 3.53. The molecule has 3 nitrogen and oxygen atoms in total. The average Bonchev–Trinajstić information content (AvgIpc) is 2.72. The Balaban J connectivity index is 1.58. The lowest BCUT2D eigenvalue weighted by Gasteiger charge is -2.12. The molecule has 132 valence electrons. The van der Waals surface area contributed by atoms with Gasteiger partial charge >= 0.3 is 5.97 Å². The van der Waals surface area contributed by atoms with Crippen molar-refractivity contribution in [3.05, 3.63) is 102 Å². The molecule has 4 rings (SSSR count). The molecule has 0 aliphatic carbocycles. The van der Waals surface area contributed by atoms with Crippen molar-refractivity contribution in [1.82, 2.24) is 0 Å². The van der Waals surface area contributed by atoms with Crippen molar-refractivity contribution in [3.8, 4) is 16.9 Å². The van der Waals surface area contributed by atoms with E-state index in [1.54, 1.807) is 12.1 Å². The van der Waals surface area contributed by atoms with Crippen LogP contribution in [0.15, 0.2) is 91.0 Å². The maximum atomic E-state index is 11.6. The summed E-state index contributed by atoms with van der Waals surface area (Å²) in [7, 11) is 0. The number of carboxylic acid groups (broad SMARTS) is 1. The number of hydrogen-bond donors (Lipinski definition) is 1. The molecule has 0 aliphatic rings. The SMILES string of the molecule is O=C(O)c1cccc2cccc(OCc3ccc(-c4ccccc4)cc3)c12. The molecule has 0 bridgehead atoms. The van der Waals surface area contributed by atoms with Crippen LogP contribution in [0.1, 0.15) is 15.9 Å². The van der Waals surface area contributed by atoms with Crippen LogP contribution in [0.5, 0.6) is 5.75 Å². The smallest absolute Gasteiger partial charge is 0.336 e. The van der Waals surface area contributed by atoms with Gasteiger partial charge in [-0.2, -0.15) is 0 Å². The van der Waals surface area contributed by atoms with Gasteiger partial charge in [0.1, 0.15) is 12.4 Å². The highest BCUT2D eigenvalue weighted by Crippen LogP contribution is 2.30. The van der Waals surface area contributed by atoms with E-state index in [0.717, 1.165) is 16.5 Å². The van der Waals surface area contributed by atoms with E-state index in [1.807, 2.05) is 54.6 Å². The van der Waals surface area contributed by atoms with Crippen molar-refractivity contribution in [2.75, 3.05) is 0 Å². The maximum Gasteiger partial charge on any atom is 0.336 e. The number of ether oxygens (including phenoxy) is 1. The molecule has 0 atom stereocenters. The van der Waals surface area contributed by atoms with Crippen molar-refractivity contribution in [2.45, 2.75) is 6.61 Å². The van der Waals surface area contributed by atoms with E-state index in [9.17, 15) is 9.90 Å². The normalized spacial score (nSPS) is 10.7. The van der Waals surface area contributed by atoms with E-state index in [0.29, 0.717) is 17.7 Å². The second-order valence-electron chi connectivity index (χ2n) is 6.32. The van der Waals surface area contributed by atoms with Gasteiger partial charge in [-0.1, -0.05) is 78.9 Å². The molecule has 1 N–H and O–H groups in total. The topological polar surface area (TPSA) is 46.5 Å². The predicted octanol–water partition coefficient (Wildman–Crippen LogP) is 5.78. The maximum absolute atomic E-state index is 11.6. The average molecular weight is 354 g/mol. The van der Waals surface area contributed by atoms with Crippen LogP contribution in [0.25, 0.3) is 21.9 Å². The van der Waals surface area contributed by atoms with E-state index in [2.05, 4.69) is 24.3 Å². The molecule has 0 saturated heterocycles. The van der Waals surface area contributed by atoms with Crippen LogP contribution in [0.2, 0.25) is 0 Å². The van der Waals surface area contributed by atoms with Crippen LogP contribution in [0.4, 0.5) is 0 Å². The zero-order valence-corrected chi connectivity index (χ0v) is 14.6. The zero-order valence-electron chi connectivity index (χ0n) is 14.6. The van der Waals surface area contributed by atoms with Crippen LogP contribution in [-0.2, 0) is 6.61 Å². The molecule has 0 heterocycles. The molecule has 27 heavy (non-hydrogen) atoms. The Morgan fingerprint density at radius 2 is 1.41 bits per heavy atom. The van der Waals surface area contributed by atoms with Crippen molar-refractivity contribution < 1.29 is 14.6 Å². The van der Waals surface area contributed by atoms with Crippen molar-refractivity contribution in [2.24, 2.45) is 0 Å². The first-order valence-electron chi connectivity index (χ1n) is 8.74. The zero-order chi connectivity index (χ0) is 18.6. The van der Waals surface area contributed by atoms with E-state index in [4.69, 9.17) is 4.74 Å². The van der Waals surface area contributed by atoms with E-state index >= 15 is 0 Å². The van der Waals surface area contributed by atoms with Crippen LogP contribution in [0.3, 0.4) is 0 Å². The Morgan fingerprint density at radius 3 is 2.11 bits per heavy atom. The lowest BCUT2D eigenvalue weighted by atomic mass is 10.0. The molecule has 0 spiro atoms. The number of carbonyl (C=O) groups is 1. The van der Waals surface area contributed by atoms with Gasteiger partial charge in [0.25, 0.3) is 0 Å². The number of benzene rings is 4. The van der Waals surface area contributed by atoms with Crippen molar-refractivity contribution >= 4 is 16.7 Å². The number of rotatable bonds is 5. The molecule has 0 aromatic heterocycles. The Hall–Kier alpha value is -3.59. The van der Waals surface area contributed by atoms with Gasteiger partial charge in [0.2, 0.25) is 0 Å². The van der Waals surface area contributed by atoms with E-state index < -0.39 is 5.97 Å². The van der Waals surface area contributed by atoms with Gasteiger partial charge in [0.15, 0.2) is 0 Å². The molecule has 4 aromatic carbocycles.